The SMILES string of the molecule is CCCCCCCCCCCCOOC(C)=O.CCOC(=O)O. The molecule has 0 fully saturated rings. The third-order valence-corrected chi connectivity index (χ3v) is 3.03. The Balaban J connectivity index is 0. The minimum absolute atomic E-state index is 0.231. The molecule has 0 aliphatic carbocycles. The molecule has 0 saturated heterocycles. The van der Waals surface area contributed by atoms with Gasteiger partial charge in [0.1, 0.15) is 0 Å². The second-order valence-corrected chi connectivity index (χ2v) is 5.28. The second-order valence-electron chi connectivity index (χ2n) is 5.28. The van der Waals surface area contributed by atoms with Gasteiger partial charge in [-0.15, -0.1) is 0 Å². The molecule has 0 aliphatic heterocycles. The Morgan fingerprint density at radius 1 is 0.826 bits per heavy atom. The highest BCUT2D eigenvalue weighted by Crippen LogP contribution is 2.10. The molecule has 0 spiro atoms. The molecule has 0 radical (unpaired) electrons. The predicted octanol–water partition coefficient (Wildman–Crippen LogP) is 5.10. The number of carbonyl (C=O) groups excluding carboxylic acids is 1. The summed E-state index contributed by atoms with van der Waals surface area (Å²) in [6.45, 7) is 5.97. The second kappa shape index (κ2) is 20.7. The van der Waals surface area contributed by atoms with Crippen molar-refractivity contribution in [1.29, 1.82) is 0 Å². The van der Waals surface area contributed by atoms with Gasteiger partial charge in [-0.1, -0.05) is 64.7 Å². The van der Waals surface area contributed by atoms with Crippen molar-refractivity contribution in [2.45, 2.75) is 85.0 Å². The normalized spacial score (nSPS) is 9.70. The molecule has 23 heavy (non-hydrogen) atoms. The zero-order valence-corrected chi connectivity index (χ0v) is 15.0. The molecule has 0 aromatic carbocycles. The molecule has 0 unspecified atom stereocenters. The molecule has 6 heteroatoms. The first-order valence-electron chi connectivity index (χ1n) is 8.70. The molecule has 1 N–H and O–H groups in total. The average molecular weight is 334 g/mol. The van der Waals surface area contributed by atoms with Crippen LogP contribution in [0.1, 0.15) is 85.0 Å². The van der Waals surface area contributed by atoms with Crippen molar-refractivity contribution in [3.63, 3.8) is 0 Å². The molecule has 0 amide bonds. The van der Waals surface area contributed by atoms with Crippen molar-refractivity contribution in [2.24, 2.45) is 0 Å². The topological polar surface area (TPSA) is 82.1 Å². The molecule has 0 saturated carbocycles. The van der Waals surface area contributed by atoms with Crippen LogP contribution in [0, 0.1) is 0 Å². The summed E-state index contributed by atoms with van der Waals surface area (Å²) >= 11 is 0. The lowest BCUT2D eigenvalue weighted by Crippen LogP contribution is -2.01. The molecule has 0 rings (SSSR count). The lowest BCUT2D eigenvalue weighted by Gasteiger charge is -2.02. The van der Waals surface area contributed by atoms with E-state index >= 15 is 0 Å². The maximum Gasteiger partial charge on any atom is 0.505 e. The van der Waals surface area contributed by atoms with Crippen LogP contribution in [0.4, 0.5) is 4.79 Å². The van der Waals surface area contributed by atoms with Crippen molar-refractivity contribution < 1.29 is 29.2 Å². The van der Waals surface area contributed by atoms with Gasteiger partial charge in [-0.3, -0.25) is 4.89 Å². The van der Waals surface area contributed by atoms with E-state index in [-0.39, 0.29) is 12.6 Å². The van der Waals surface area contributed by atoms with Gasteiger partial charge in [0.2, 0.25) is 0 Å². The molecule has 0 bridgehead atoms. The van der Waals surface area contributed by atoms with Gasteiger partial charge in [0.25, 0.3) is 0 Å². The molecular weight excluding hydrogens is 300 g/mol. The molecule has 138 valence electrons. The lowest BCUT2D eigenvalue weighted by molar-refractivity contribution is -0.270. The van der Waals surface area contributed by atoms with Gasteiger partial charge in [-0.2, -0.15) is 4.89 Å². The molecular formula is C17H34O6. The molecule has 6 nitrogen and oxygen atoms in total. The largest absolute Gasteiger partial charge is 0.505 e. The minimum atomic E-state index is -1.21. The number of ether oxygens (including phenoxy) is 1. The van der Waals surface area contributed by atoms with Crippen molar-refractivity contribution in [3.8, 4) is 0 Å². The van der Waals surface area contributed by atoms with Crippen LogP contribution in [0.3, 0.4) is 0 Å². The van der Waals surface area contributed by atoms with Crippen LogP contribution in [0.25, 0.3) is 0 Å². The van der Waals surface area contributed by atoms with E-state index in [2.05, 4.69) is 16.5 Å². The Hall–Kier alpha value is -1.30. The summed E-state index contributed by atoms with van der Waals surface area (Å²) < 4.78 is 3.96. The Bertz CT molecular complexity index is 268. The summed E-state index contributed by atoms with van der Waals surface area (Å²) in [5.74, 6) is -0.378. The summed E-state index contributed by atoms with van der Waals surface area (Å²) in [6.07, 6.45) is 11.7. The van der Waals surface area contributed by atoms with Gasteiger partial charge >= 0.3 is 12.1 Å². The first kappa shape index (κ1) is 24.0. The Morgan fingerprint density at radius 3 is 1.65 bits per heavy atom. The van der Waals surface area contributed by atoms with Gasteiger partial charge in [0.15, 0.2) is 0 Å². The number of hydrogen-bond acceptors (Lipinski definition) is 5. The molecule has 0 aromatic heterocycles. The summed E-state index contributed by atoms with van der Waals surface area (Å²) in [4.78, 5) is 28.9. The molecule has 0 atom stereocenters. The Kier molecular flexibility index (Phi) is 21.6. The van der Waals surface area contributed by atoms with E-state index < -0.39 is 6.16 Å². The average Bonchev–Trinajstić information content (AvgIpc) is 2.48. The van der Waals surface area contributed by atoms with Gasteiger partial charge in [0, 0.05) is 6.92 Å². The van der Waals surface area contributed by atoms with E-state index in [4.69, 9.17) is 9.99 Å². The van der Waals surface area contributed by atoms with E-state index in [1.807, 2.05) is 0 Å². The van der Waals surface area contributed by atoms with Gasteiger partial charge in [0.05, 0.1) is 13.2 Å². The first-order chi connectivity index (χ1) is 11.0. The molecule has 0 heterocycles. The van der Waals surface area contributed by atoms with E-state index in [0.29, 0.717) is 6.61 Å². The number of hydrogen-bond donors (Lipinski definition) is 1. The van der Waals surface area contributed by atoms with Crippen LogP contribution in [0.5, 0.6) is 0 Å². The number of rotatable bonds is 13. The highest BCUT2D eigenvalue weighted by Gasteiger charge is 1.95. The fourth-order valence-corrected chi connectivity index (χ4v) is 1.90. The Morgan fingerprint density at radius 2 is 1.30 bits per heavy atom. The maximum absolute atomic E-state index is 10.4. The smallest absolute Gasteiger partial charge is 0.450 e. The van der Waals surface area contributed by atoms with Crippen LogP contribution in [-0.4, -0.2) is 30.4 Å². The van der Waals surface area contributed by atoms with Gasteiger partial charge in [-0.25, -0.2) is 9.59 Å². The summed E-state index contributed by atoms with van der Waals surface area (Å²) in [5, 5.41) is 7.69. The summed E-state index contributed by atoms with van der Waals surface area (Å²) in [6, 6.07) is 0. The monoisotopic (exact) mass is 334 g/mol. The fourth-order valence-electron chi connectivity index (χ4n) is 1.90. The van der Waals surface area contributed by atoms with Crippen molar-refractivity contribution in [2.75, 3.05) is 13.2 Å². The number of unbranched alkanes of at least 4 members (excludes halogenated alkanes) is 9. The van der Waals surface area contributed by atoms with Crippen molar-refractivity contribution >= 4 is 12.1 Å². The van der Waals surface area contributed by atoms with Crippen LogP contribution in [-0.2, 0) is 19.3 Å². The number of carboxylic acid groups (broad SMARTS) is 1. The lowest BCUT2D eigenvalue weighted by atomic mass is 10.1. The maximum atomic E-state index is 10.4. The highest BCUT2D eigenvalue weighted by atomic mass is 17.2. The first-order valence-corrected chi connectivity index (χ1v) is 8.70. The van der Waals surface area contributed by atoms with E-state index in [9.17, 15) is 9.59 Å². The standard InChI is InChI=1S/C14H28O3.C3H6O3/c1-3-4-5-6-7-8-9-10-11-12-13-16-17-14(2)15;1-2-6-3(4)5/h3-13H2,1-2H3;2H2,1H3,(H,4,5). The molecule has 0 aliphatic rings. The summed E-state index contributed by atoms with van der Waals surface area (Å²) in [5.41, 5.74) is 0. The van der Waals surface area contributed by atoms with Crippen molar-refractivity contribution in [3.05, 3.63) is 0 Å². The third kappa shape index (κ3) is 29.4. The predicted molar refractivity (Wildman–Crippen MR) is 89.2 cm³/mol. The summed E-state index contributed by atoms with van der Waals surface area (Å²) in [7, 11) is 0. The Labute approximate surface area is 140 Å². The third-order valence-electron chi connectivity index (χ3n) is 3.03. The van der Waals surface area contributed by atoms with E-state index in [1.54, 1.807) is 6.92 Å². The van der Waals surface area contributed by atoms with Crippen LogP contribution in [0.15, 0.2) is 0 Å². The van der Waals surface area contributed by atoms with Gasteiger partial charge < -0.3 is 9.84 Å². The zero-order chi connectivity index (χ0) is 17.8. The van der Waals surface area contributed by atoms with Crippen LogP contribution in [0.2, 0.25) is 0 Å². The van der Waals surface area contributed by atoms with Crippen molar-refractivity contribution in [1.82, 2.24) is 0 Å². The van der Waals surface area contributed by atoms with Gasteiger partial charge in [-0.05, 0) is 13.3 Å². The quantitative estimate of drug-likeness (QED) is 0.218. The fraction of sp³-hybridized carbons (Fsp3) is 0.882. The van der Waals surface area contributed by atoms with E-state index in [1.165, 1.54) is 58.3 Å². The number of carbonyl (C=O) groups is 2. The minimum Gasteiger partial charge on any atom is -0.450 e. The zero-order valence-electron chi connectivity index (χ0n) is 15.0. The molecule has 0 aromatic rings. The highest BCUT2D eigenvalue weighted by molar-refractivity contribution is 5.65. The van der Waals surface area contributed by atoms with E-state index in [0.717, 1.165) is 12.8 Å². The van der Waals surface area contributed by atoms with Crippen LogP contribution >= 0.6 is 0 Å². The van der Waals surface area contributed by atoms with Crippen LogP contribution < -0.4 is 0 Å².